The molecule has 0 aromatic rings. The van der Waals surface area contributed by atoms with Gasteiger partial charge < -0.3 is 10.5 Å². The Morgan fingerprint density at radius 1 is 1.33 bits per heavy atom. The summed E-state index contributed by atoms with van der Waals surface area (Å²) in [5, 5.41) is 0. The zero-order valence-corrected chi connectivity index (χ0v) is 8.10. The normalized spacial score (nSPS) is 28.8. The summed E-state index contributed by atoms with van der Waals surface area (Å²) < 4.78 is 4.65. The molecule has 0 atom stereocenters. The van der Waals surface area contributed by atoms with Crippen molar-refractivity contribution in [1.29, 1.82) is 0 Å². The zero-order chi connectivity index (χ0) is 8.27. The van der Waals surface area contributed by atoms with Gasteiger partial charge in [0.2, 0.25) is 0 Å². The van der Waals surface area contributed by atoms with Gasteiger partial charge in [-0.2, -0.15) is 0 Å². The maximum Gasteiger partial charge on any atom is 0.308 e. The van der Waals surface area contributed by atoms with E-state index in [1.807, 2.05) is 0 Å². The van der Waals surface area contributed by atoms with Gasteiger partial charge in [-0.25, -0.2) is 0 Å². The molecule has 0 amide bonds. The number of hydrogen-bond acceptors (Lipinski definition) is 3. The van der Waals surface area contributed by atoms with E-state index in [1.165, 1.54) is 7.11 Å². The van der Waals surface area contributed by atoms with E-state index in [0.717, 1.165) is 25.7 Å². The Kier molecular flexibility index (Phi) is 5.25. The molecular weight excluding hydrogens is 178 g/mol. The molecule has 0 bridgehead atoms. The standard InChI is InChI=1S/C8H15NO2.ClH/c1-11-8(10)6-2-4-7(9)5-3-6;/h6-7H,2-5,9H2,1H3;1H/t6-,7+;. The van der Waals surface area contributed by atoms with Crippen LogP contribution in [0.4, 0.5) is 0 Å². The quantitative estimate of drug-likeness (QED) is 0.635. The molecule has 0 aromatic heterocycles. The Labute approximate surface area is 79.1 Å². The van der Waals surface area contributed by atoms with Gasteiger partial charge in [0, 0.05) is 6.04 Å². The van der Waals surface area contributed by atoms with Gasteiger partial charge in [-0.1, -0.05) is 0 Å². The maximum absolute atomic E-state index is 11.0. The summed E-state index contributed by atoms with van der Waals surface area (Å²) in [6.07, 6.45) is 3.71. The molecule has 0 saturated heterocycles. The maximum atomic E-state index is 11.0. The van der Waals surface area contributed by atoms with Gasteiger partial charge >= 0.3 is 5.97 Å². The minimum absolute atomic E-state index is 0. The number of nitrogens with two attached hydrogens (primary N) is 1. The van der Waals surface area contributed by atoms with E-state index in [9.17, 15) is 4.79 Å². The van der Waals surface area contributed by atoms with Crippen molar-refractivity contribution in [3.05, 3.63) is 0 Å². The van der Waals surface area contributed by atoms with Crippen molar-refractivity contribution >= 4 is 18.4 Å². The minimum atomic E-state index is -0.0723. The van der Waals surface area contributed by atoms with Crippen molar-refractivity contribution < 1.29 is 9.53 Å². The van der Waals surface area contributed by atoms with Crippen LogP contribution in [0.5, 0.6) is 0 Å². The number of methoxy groups -OCH3 is 1. The Balaban J connectivity index is 0.00000121. The molecule has 1 rings (SSSR count). The fourth-order valence-corrected chi connectivity index (χ4v) is 1.52. The predicted octanol–water partition coefficient (Wildman–Crippen LogP) is 1.10. The zero-order valence-electron chi connectivity index (χ0n) is 7.29. The van der Waals surface area contributed by atoms with Gasteiger partial charge in [0.15, 0.2) is 0 Å². The number of carbonyl (C=O) groups excluding carboxylic acids is 1. The van der Waals surface area contributed by atoms with Gasteiger partial charge in [-0.15, -0.1) is 12.4 Å². The molecule has 0 spiro atoms. The molecule has 12 heavy (non-hydrogen) atoms. The van der Waals surface area contributed by atoms with E-state index in [0.29, 0.717) is 6.04 Å². The average molecular weight is 194 g/mol. The third-order valence-corrected chi connectivity index (χ3v) is 2.31. The van der Waals surface area contributed by atoms with Crippen LogP contribution in [0.3, 0.4) is 0 Å². The largest absolute Gasteiger partial charge is 0.469 e. The van der Waals surface area contributed by atoms with E-state index >= 15 is 0 Å². The molecule has 3 nitrogen and oxygen atoms in total. The van der Waals surface area contributed by atoms with Crippen LogP contribution in [0.25, 0.3) is 0 Å². The molecule has 0 aliphatic heterocycles. The first kappa shape index (κ1) is 11.7. The summed E-state index contributed by atoms with van der Waals surface area (Å²) in [4.78, 5) is 11.0. The Hall–Kier alpha value is -0.280. The first-order chi connectivity index (χ1) is 5.24. The van der Waals surface area contributed by atoms with Crippen molar-refractivity contribution in [2.45, 2.75) is 31.7 Å². The summed E-state index contributed by atoms with van der Waals surface area (Å²) >= 11 is 0. The summed E-state index contributed by atoms with van der Waals surface area (Å²) in [6, 6.07) is 0.302. The lowest BCUT2D eigenvalue weighted by atomic mass is 9.87. The van der Waals surface area contributed by atoms with Crippen molar-refractivity contribution in [2.75, 3.05) is 7.11 Å². The van der Waals surface area contributed by atoms with E-state index in [1.54, 1.807) is 0 Å². The molecule has 72 valence electrons. The summed E-state index contributed by atoms with van der Waals surface area (Å²) in [5.74, 6) is 0.0386. The number of halogens is 1. The third kappa shape index (κ3) is 2.99. The molecule has 1 aliphatic rings. The first-order valence-corrected chi connectivity index (χ1v) is 4.07. The van der Waals surface area contributed by atoms with Crippen LogP contribution in [0.15, 0.2) is 0 Å². The van der Waals surface area contributed by atoms with Crippen LogP contribution in [0.1, 0.15) is 25.7 Å². The van der Waals surface area contributed by atoms with Gasteiger partial charge in [0.25, 0.3) is 0 Å². The van der Waals surface area contributed by atoms with Crippen LogP contribution in [0, 0.1) is 5.92 Å². The molecule has 1 aliphatic carbocycles. The van der Waals surface area contributed by atoms with Crippen LogP contribution in [-0.4, -0.2) is 19.1 Å². The number of hydrogen-bond donors (Lipinski definition) is 1. The van der Waals surface area contributed by atoms with Crippen molar-refractivity contribution in [3.63, 3.8) is 0 Å². The molecule has 0 unspecified atom stereocenters. The van der Waals surface area contributed by atoms with Crippen molar-refractivity contribution in [2.24, 2.45) is 11.7 Å². The second-order valence-corrected chi connectivity index (χ2v) is 3.13. The molecule has 2 N–H and O–H groups in total. The number of carbonyl (C=O) groups is 1. The minimum Gasteiger partial charge on any atom is -0.469 e. The van der Waals surface area contributed by atoms with E-state index in [4.69, 9.17) is 5.73 Å². The highest BCUT2D eigenvalue weighted by Crippen LogP contribution is 2.23. The van der Waals surface area contributed by atoms with Gasteiger partial charge in [-0.3, -0.25) is 4.79 Å². The molecule has 4 heteroatoms. The van der Waals surface area contributed by atoms with Crippen LogP contribution in [-0.2, 0) is 9.53 Å². The van der Waals surface area contributed by atoms with Gasteiger partial charge in [0.05, 0.1) is 13.0 Å². The fourth-order valence-electron chi connectivity index (χ4n) is 1.52. The Morgan fingerprint density at radius 3 is 2.25 bits per heavy atom. The summed E-state index contributed by atoms with van der Waals surface area (Å²) in [6.45, 7) is 0. The molecule has 0 radical (unpaired) electrons. The van der Waals surface area contributed by atoms with Gasteiger partial charge in [-0.05, 0) is 25.7 Å². The fraction of sp³-hybridized carbons (Fsp3) is 0.875. The average Bonchev–Trinajstić information content (AvgIpc) is 2.05. The smallest absolute Gasteiger partial charge is 0.308 e. The number of esters is 1. The highest BCUT2D eigenvalue weighted by molar-refractivity contribution is 5.85. The second-order valence-electron chi connectivity index (χ2n) is 3.13. The third-order valence-electron chi connectivity index (χ3n) is 2.31. The molecule has 0 aromatic carbocycles. The van der Waals surface area contributed by atoms with Crippen molar-refractivity contribution in [1.82, 2.24) is 0 Å². The van der Waals surface area contributed by atoms with Crippen LogP contribution < -0.4 is 5.73 Å². The monoisotopic (exact) mass is 193 g/mol. The topological polar surface area (TPSA) is 52.3 Å². The lowest BCUT2D eigenvalue weighted by Gasteiger charge is -2.23. The number of ether oxygens (including phenoxy) is 1. The summed E-state index contributed by atoms with van der Waals surface area (Å²) in [5.41, 5.74) is 5.69. The van der Waals surface area contributed by atoms with E-state index in [-0.39, 0.29) is 24.3 Å². The molecule has 0 heterocycles. The van der Waals surface area contributed by atoms with Gasteiger partial charge in [0.1, 0.15) is 0 Å². The van der Waals surface area contributed by atoms with Crippen LogP contribution in [0.2, 0.25) is 0 Å². The first-order valence-electron chi connectivity index (χ1n) is 4.07. The Bertz CT molecular complexity index is 144. The molecular formula is C8H16ClNO2. The SMILES string of the molecule is COC(=O)[C@H]1CC[C@@H](N)CC1.Cl. The summed E-state index contributed by atoms with van der Waals surface area (Å²) in [7, 11) is 1.44. The number of rotatable bonds is 1. The predicted molar refractivity (Wildman–Crippen MR) is 49.2 cm³/mol. The van der Waals surface area contributed by atoms with E-state index in [2.05, 4.69) is 4.74 Å². The highest BCUT2D eigenvalue weighted by atomic mass is 35.5. The Morgan fingerprint density at radius 2 is 1.83 bits per heavy atom. The van der Waals surface area contributed by atoms with Crippen molar-refractivity contribution in [3.8, 4) is 0 Å². The van der Waals surface area contributed by atoms with E-state index < -0.39 is 0 Å². The lowest BCUT2D eigenvalue weighted by molar-refractivity contribution is -0.146. The molecule has 1 fully saturated rings. The van der Waals surface area contributed by atoms with Crippen LogP contribution >= 0.6 is 12.4 Å². The lowest BCUT2D eigenvalue weighted by Crippen LogP contribution is -2.30. The highest BCUT2D eigenvalue weighted by Gasteiger charge is 2.24. The molecule has 1 saturated carbocycles. The second kappa shape index (κ2) is 5.38.